The van der Waals surface area contributed by atoms with Crippen LogP contribution in [0.25, 0.3) is 0 Å². The standard InChI is InChI=1S/C43H50N2O7/c1-7-8-9-35(43(46)47)45(3)19-17-29-24-38(50-6)40-26-33(29)36(45)21-27-10-13-31(14-11-27)51-39-22-28(12-15-37(39)49-5)20-34-42-30(16-18-44(34)2)23-32(48-4)25-41(42)52-40/h10-15,22-26,34-36H,7-9,16-21H2,1-6H3/p+1. The van der Waals surface area contributed by atoms with E-state index in [9.17, 15) is 9.90 Å². The van der Waals surface area contributed by atoms with Crippen molar-refractivity contribution in [1.82, 2.24) is 4.90 Å². The van der Waals surface area contributed by atoms with Gasteiger partial charge >= 0.3 is 5.97 Å². The third-order valence-electron chi connectivity index (χ3n) is 11.7. The first-order valence-corrected chi connectivity index (χ1v) is 18.5. The number of quaternary nitrogens is 1. The zero-order valence-corrected chi connectivity index (χ0v) is 31.2. The van der Waals surface area contributed by atoms with Crippen LogP contribution in [0.3, 0.4) is 0 Å². The van der Waals surface area contributed by atoms with Crippen LogP contribution in [-0.4, -0.2) is 75.0 Å². The molecule has 9 nitrogen and oxygen atoms in total. The van der Waals surface area contributed by atoms with E-state index in [0.717, 1.165) is 78.0 Å². The summed E-state index contributed by atoms with van der Waals surface area (Å²) in [7, 11) is 9.33. The van der Waals surface area contributed by atoms with Gasteiger partial charge in [0.2, 0.25) is 0 Å². The van der Waals surface area contributed by atoms with E-state index >= 15 is 0 Å². The Morgan fingerprint density at radius 3 is 2.33 bits per heavy atom. The van der Waals surface area contributed by atoms with Gasteiger partial charge in [-0.3, -0.25) is 4.90 Å². The Balaban J connectivity index is 1.45. The van der Waals surface area contributed by atoms with Crippen molar-refractivity contribution < 1.29 is 38.1 Å². The molecule has 4 aliphatic rings. The number of nitrogens with zero attached hydrogens (tertiary/aromatic N) is 2. The molecule has 0 spiro atoms. The van der Waals surface area contributed by atoms with Crippen molar-refractivity contribution in [2.75, 3.05) is 48.5 Å². The van der Waals surface area contributed by atoms with Gasteiger partial charge in [0.15, 0.2) is 29.0 Å². The van der Waals surface area contributed by atoms with Crippen LogP contribution in [0.2, 0.25) is 0 Å². The molecule has 0 saturated heterocycles. The number of carboxylic acids is 1. The number of methoxy groups -OCH3 is 3. The van der Waals surface area contributed by atoms with Gasteiger partial charge in [0, 0.05) is 49.0 Å². The Kier molecular flexibility index (Phi) is 10.1. The van der Waals surface area contributed by atoms with Gasteiger partial charge in [-0.15, -0.1) is 0 Å². The average molecular weight is 708 g/mol. The largest absolute Gasteiger partial charge is 0.497 e. The van der Waals surface area contributed by atoms with Gasteiger partial charge in [0.25, 0.3) is 0 Å². The van der Waals surface area contributed by atoms with Crippen LogP contribution in [-0.2, 0) is 30.5 Å². The SMILES string of the molecule is CCCCC(C(=O)O)[N+]1(C)CCc2cc(OC)c3cc2C1Cc1ccc(cc1)Oc1cc(ccc1OC)CC1c2c(cc(OC)cc2O3)CCN1C. The summed E-state index contributed by atoms with van der Waals surface area (Å²) in [4.78, 5) is 15.4. The predicted octanol–water partition coefficient (Wildman–Crippen LogP) is 8.31. The topological polar surface area (TPSA) is 86.7 Å². The number of unbranched alkanes of at least 4 members (excludes halogenated alkanes) is 1. The summed E-state index contributed by atoms with van der Waals surface area (Å²) in [5.74, 6) is 4.00. The Morgan fingerprint density at radius 2 is 1.62 bits per heavy atom. The monoisotopic (exact) mass is 707 g/mol. The van der Waals surface area contributed by atoms with Crippen molar-refractivity contribution in [3.63, 3.8) is 0 Å². The number of benzene rings is 4. The third kappa shape index (κ3) is 6.68. The second-order valence-electron chi connectivity index (χ2n) is 14.7. The highest BCUT2D eigenvalue weighted by atomic mass is 16.5. The molecular weight excluding hydrogens is 656 g/mol. The molecule has 52 heavy (non-hydrogen) atoms. The smallest absolute Gasteiger partial charge is 0.362 e. The lowest BCUT2D eigenvalue weighted by atomic mass is 9.84. The molecule has 0 aliphatic carbocycles. The molecule has 0 amide bonds. The molecule has 0 radical (unpaired) electrons. The van der Waals surface area contributed by atoms with E-state index < -0.39 is 12.0 Å². The fraction of sp³-hybridized carbons (Fsp3) is 0.419. The Morgan fingerprint density at radius 1 is 0.865 bits per heavy atom. The Bertz CT molecular complexity index is 1940. The molecule has 8 rings (SSSR count). The summed E-state index contributed by atoms with van der Waals surface area (Å²) < 4.78 is 31.5. The molecule has 4 atom stereocenters. The summed E-state index contributed by atoms with van der Waals surface area (Å²) in [5.41, 5.74) is 6.78. The van der Waals surface area contributed by atoms with Gasteiger partial charge in [-0.25, -0.2) is 4.79 Å². The quantitative estimate of drug-likeness (QED) is 0.183. The zero-order valence-electron chi connectivity index (χ0n) is 31.2. The van der Waals surface area contributed by atoms with Crippen molar-refractivity contribution in [1.29, 1.82) is 0 Å². The lowest BCUT2D eigenvalue weighted by Crippen LogP contribution is -2.60. The van der Waals surface area contributed by atoms with E-state index in [4.69, 9.17) is 23.7 Å². The highest BCUT2D eigenvalue weighted by molar-refractivity contribution is 5.72. The van der Waals surface area contributed by atoms with Crippen LogP contribution < -0.4 is 23.7 Å². The van der Waals surface area contributed by atoms with Crippen molar-refractivity contribution in [2.24, 2.45) is 0 Å². The molecule has 9 heteroatoms. The molecule has 4 unspecified atom stereocenters. The average Bonchev–Trinajstić information content (AvgIpc) is 3.14. The molecule has 1 N–H and O–H groups in total. The van der Waals surface area contributed by atoms with Crippen molar-refractivity contribution >= 4 is 5.97 Å². The summed E-state index contributed by atoms with van der Waals surface area (Å²) in [6, 6.07) is 22.0. The van der Waals surface area contributed by atoms with E-state index in [1.54, 1.807) is 21.3 Å². The van der Waals surface area contributed by atoms with E-state index in [1.165, 1.54) is 5.56 Å². The van der Waals surface area contributed by atoms with Crippen molar-refractivity contribution in [2.45, 2.75) is 70.0 Å². The minimum Gasteiger partial charge on any atom is -0.497 e. The summed E-state index contributed by atoms with van der Waals surface area (Å²) in [5, 5.41) is 10.7. The maximum Gasteiger partial charge on any atom is 0.362 e. The number of hydrogen-bond acceptors (Lipinski definition) is 7. The van der Waals surface area contributed by atoms with Gasteiger partial charge in [-0.2, -0.15) is 0 Å². The third-order valence-corrected chi connectivity index (χ3v) is 11.7. The second kappa shape index (κ2) is 14.7. The minimum atomic E-state index is -0.748. The molecule has 0 aromatic heterocycles. The first-order valence-electron chi connectivity index (χ1n) is 18.5. The maximum atomic E-state index is 13.1. The summed E-state index contributed by atoms with van der Waals surface area (Å²) >= 11 is 0. The molecule has 274 valence electrons. The van der Waals surface area contributed by atoms with Gasteiger partial charge in [-0.1, -0.05) is 31.5 Å². The summed E-state index contributed by atoms with van der Waals surface area (Å²) in [6.45, 7) is 3.71. The molecule has 4 aliphatic heterocycles. The Labute approximate surface area is 307 Å². The second-order valence-corrected chi connectivity index (χ2v) is 14.7. The number of carboxylic acid groups (broad SMARTS) is 1. The predicted molar refractivity (Wildman–Crippen MR) is 201 cm³/mol. The Hall–Kier alpha value is -4.73. The van der Waals surface area contributed by atoms with E-state index in [0.29, 0.717) is 52.6 Å². The number of rotatable bonds is 8. The normalized spacial score (nSPS) is 21.4. The lowest BCUT2D eigenvalue weighted by Gasteiger charge is -2.49. The zero-order chi connectivity index (χ0) is 36.6. The minimum absolute atomic E-state index is 0.00953. The van der Waals surface area contributed by atoms with Gasteiger partial charge in [0.1, 0.15) is 23.3 Å². The van der Waals surface area contributed by atoms with Crippen LogP contribution in [0.5, 0.6) is 40.2 Å². The highest BCUT2D eigenvalue weighted by Gasteiger charge is 2.48. The number of carbonyl (C=O) groups is 1. The molecule has 4 aromatic rings. The van der Waals surface area contributed by atoms with Crippen LogP contribution in [0.4, 0.5) is 0 Å². The van der Waals surface area contributed by atoms with Crippen molar-refractivity contribution in [3.8, 4) is 40.2 Å². The number of fused-ring (bicyclic) bond motifs is 2. The van der Waals surface area contributed by atoms with Gasteiger partial charge < -0.3 is 33.3 Å². The van der Waals surface area contributed by atoms with E-state index in [-0.39, 0.29) is 12.1 Å². The van der Waals surface area contributed by atoms with E-state index in [2.05, 4.69) is 68.4 Å². The number of hydrogen-bond donors (Lipinski definition) is 1. The molecule has 4 aromatic carbocycles. The lowest BCUT2D eigenvalue weighted by molar-refractivity contribution is -0.956. The molecule has 6 bridgehead atoms. The van der Waals surface area contributed by atoms with Crippen LogP contribution >= 0.6 is 0 Å². The fourth-order valence-corrected chi connectivity index (χ4v) is 8.67. The number of likely N-dealkylation sites (N-methyl/N-ethyl adjacent to an activating group) is 2. The van der Waals surface area contributed by atoms with Crippen LogP contribution in [0.1, 0.15) is 71.7 Å². The first-order chi connectivity index (χ1) is 25.1. The van der Waals surface area contributed by atoms with Crippen LogP contribution in [0, 0.1) is 0 Å². The highest BCUT2D eigenvalue weighted by Crippen LogP contribution is 2.48. The first kappa shape index (κ1) is 35.7. The van der Waals surface area contributed by atoms with Crippen molar-refractivity contribution in [3.05, 3.63) is 100 Å². The molecular formula is C43H51N2O7+. The fourth-order valence-electron chi connectivity index (χ4n) is 8.67. The van der Waals surface area contributed by atoms with E-state index in [1.807, 2.05) is 24.3 Å². The molecule has 0 saturated carbocycles. The molecule has 0 fully saturated rings. The number of ether oxygens (including phenoxy) is 5. The summed E-state index contributed by atoms with van der Waals surface area (Å²) in [6.07, 6.45) is 5.38. The number of aliphatic carboxylic acids is 1. The van der Waals surface area contributed by atoms with Gasteiger partial charge in [-0.05, 0) is 91.0 Å². The van der Waals surface area contributed by atoms with Gasteiger partial charge in [0.05, 0.1) is 34.9 Å². The molecule has 4 heterocycles. The maximum absolute atomic E-state index is 13.1. The van der Waals surface area contributed by atoms with Crippen LogP contribution in [0.15, 0.2) is 66.7 Å².